The molecule has 1 aliphatic rings. The standard InChI is InChI=1S/C17H27ClN4/c1-13(22(3)16-8-9-16)12-21-17(19-2)20-11-10-14-4-6-15(18)7-5-14/h4-7,13,16H,8-12H2,1-3H3,(H2,19,20,21). The van der Waals surface area contributed by atoms with E-state index in [-0.39, 0.29) is 0 Å². The molecule has 0 aromatic heterocycles. The van der Waals surface area contributed by atoms with Gasteiger partial charge in [-0.1, -0.05) is 23.7 Å². The van der Waals surface area contributed by atoms with Gasteiger partial charge in [-0.3, -0.25) is 9.89 Å². The van der Waals surface area contributed by atoms with Crippen LogP contribution < -0.4 is 10.6 Å². The lowest BCUT2D eigenvalue weighted by Gasteiger charge is -2.25. The third-order valence-corrected chi connectivity index (χ3v) is 4.48. The van der Waals surface area contributed by atoms with Gasteiger partial charge in [0.05, 0.1) is 0 Å². The van der Waals surface area contributed by atoms with Gasteiger partial charge in [-0.05, 0) is 50.9 Å². The maximum absolute atomic E-state index is 5.89. The van der Waals surface area contributed by atoms with Crippen molar-refractivity contribution in [1.82, 2.24) is 15.5 Å². The highest BCUT2D eigenvalue weighted by atomic mass is 35.5. The monoisotopic (exact) mass is 322 g/mol. The van der Waals surface area contributed by atoms with Crippen molar-refractivity contribution in [3.8, 4) is 0 Å². The van der Waals surface area contributed by atoms with Crippen LogP contribution in [-0.2, 0) is 6.42 Å². The largest absolute Gasteiger partial charge is 0.356 e. The fourth-order valence-corrected chi connectivity index (χ4v) is 2.55. The number of hydrogen-bond donors (Lipinski definition) is 2. The zero-order valence-electron chi connectivity index (χ0n) is 13.8. The van der Waals surface area contributed by atoms with E-state index in [1.54, 1.807) is 0 Å². The molecule has 1 atom stereocenters. The molecule has 0 aliphatic heterocycles. The second-order valence-electron chi connectivity index (χ2n) is 6.00. The molecule has 0 spiro atoms. The van der Waals surface area contributed by atoms with Crippen LogP contribution in [-0.4, -0.2) is 50.1 Å². The van der Waals surface area contributed by atoms with E-state index < -0.39 is 0 Å². The van der Waals surface area contributed by atoms with Gasteiger partial charge in [-0.15, -0.1) is 0 Å². The molecular weight excluding hydrogens is 296 g/mol. The average Bonchev–Trinajstić information content (AvgIpc) is 3.36. The number of guanidine groups is 1. The van der Waals surface area contributed by atoms with E-state index in [0.717, 1.165) is 36.5 Å². The van der Waals surface area contributed by atoms with E-state index in [4.69, 9.17) is 11.6 Å². The van der Waals surface area contributed by atoms with Gasteiger partial charge in [0, 0.05) is 37.2 Å². The fourth-order valence-electron chi connectivity index (χ4n) is 2.43. The molecule has 22 heavy (non-hydrogen) atoms. The molecule has 1 aromatic carbocycles. The van der Waals surface area contributed by atoms with Gasteiger partial charge in [0.15, 0.2) is 5.96 Å². The molecule has 2 rings (SSSR count). The number of hydrogen-bond acceptors (Lipinski definition) is 2. The predicted octanol–water partition coefficient (Wildman–Crippen LogP) is 2.53. The molecule has 1 aliphatic carbocycles. The van der Waals surface area contributed by atoms with E-state index >= 15 is 0 Å². The number of nitrogens with one attached hydrogen (secondary N) is 2. The minimum atomic E-state index is 0.516. The molecule has 5 heteroatoms. The normalized spacial score (nSPS) is 16.7. The van der Waals surface area contributed by atoms with Gasteiger partial charge in [0.2, 0.25) is 0 Å². The van der Waals surface area contributed by atoms with Crippen LogP contribution >= 0.6 is 11.6 Å². The molecule has 0 radical (unpaired) electrons. The molecule has 0 amide bonds. The summed E-state index contributed by atoms with van der Waals surface area (Å²) in [5.41, 5.74) is 1.27. The summed E-state index contributed by atoms with van der Waals surface area (Å²) in [5.74, 6) is 0.866. The van der Waals surface area contributed by atoms with Crippen LogP contribution in [0.3, 0.4) is 0 Å². The molecule has 4 nitrogen and oxygen atoms in total. The summed E-state index contributed by atoms with van der Waals surface area (Å²) < 4.78 is 0. The first-order chi connectivity index (χ1) is 10.6. The summed E-state index contributed by atoms with van der Waals surface area (Å²) in [6.45, 7) is 4.02. The van der Waals surface area contributed by atoms with Gasteiger partial charge < -0.3 is 10.6 Å². The Morgan fingerprint density at radius 1 is 1.32 bits per heavy atom. The summed E-state index contributed by atoms with van der Waals surface area (Å²) >= 11 is 5.89. The Morgan fingerprint density at radius 3 is 2.59 bits per heavy atom. The second kappa shape index (κ2) is 8.39. The topological polar surface area (TPSA) is 39.7 Å². The molecule has 1 saturated carbocycles. The molecule has 122 valence electrons. The summed E-state index contributed by atoms with van der Waals surface area (Å²) in [4.78, 5) is 6.73. The summed E-state index contributed by atoms with van der Waals surface area (Å²) in [7, 11) is 4.02. The fraction of sp³-hybridized carbons (Fsp3) is 0.588. The Balaban J connectivity index is 1.67. The molecule has 1 fully saturated rings. The van der Waals surface area contributed by atoms with E-state index in [0.29, 0.717) is 6.04 Å². The van der Waals surface area contributed by atoms with Crippen molar-refractivity contribution in [2.24, 2.45) is 4.99 Å². The van der Waals surface area contributed by atoms with Gasteiger partial charge in [-0.2, -0.15) is 0 Å². The van der Waals surface area contributed by atoms with Crippen molar-refractivity contribution in [2.75, 3.05) is 27.2 Å². The number of nitrogens with zero attached hydrogens (tertiary/aromatic N) is 2. The Labute approximate surface area is 138 Å². The Kier molecular flexibility index (Phi) is 6.52. The van der Waals surface area contributed by atoms with E-state index in [9.17, 15) is 0 Å². The molecule has 0 bridgehead atoms. The zero-order chi connectivity index (χ0) is 15.9. The first-order valence-electron chi connectivity index (χ1n) is 8.01. The van der Waals surface area contributed by atoms with Crippen LogP contribution in [0.15, 0.2) is 29.3 Å². The summed E-state index contributed by atoms with van der Waals surface area (Å²) in [6.07, 6.45) is 3.64. The lowest BCUT2D eigenvalue weighted by atomic mass is 10.1. The van der Waals surface area contributed by atoms with E-state index in [2.05, 4.69) is 46.6 Å². The second-order valence-corrected chi connectivity index (χ2v) is 6.44. The van der Waals surface area contributed by atoms with Crippen LogP contribution in [0.5, 0.6) is 0 Å². The zero-order valence-corrected chi connectivity index (χ0v) is 14.5. The lowest BCUT2D eigenvalue weighted by Crippen LogP contribution is -2.45. The first-order valence-corrected chi connectivity index (χ1v) is 8.39. The smallest absolute Gasteiger partial charge is 0.191 e. The maximum atomic E-state index is 5.89. The van der Waals surface area contributed by atoms with Crippen molar-refractivity contribution < 1.29 is 0 Å². The third-order valence-electron chi connectivity index (χ3n) is 4.23. The van der Waals surface area contributed by atoms with Crippen LogP contribution in [0, 0.1) is 0 Å². The highest BCUT2D eigenvalue weighted by Gasteiger charge is 2.28. The van der Waals surface area contributed by atoms with Crippen molar-refractivity contribution in [3.63, 3.8) is 0 Å². The highest BCUT2D eigenvalue weighted by molar-refractivity contribution is 6.30. The Morgan fingerprint density at radius 2 is 2.00 bits per heavy atom. The minimum absolute atomic E-state index is 0.516. The van der Waals surface area contributed by atoms with Gasteiger partial charge >= 0.3 is 0 Å². The number of halogens is 1. The third kappa shape index (κ3) is 5.50. The quantitative estimate of drug-likeness (QED) is 0.598. The van der Waals surface area contributed by atoms with Crippen LogP contribution in [0.25, 0.3) is 0 Å². The van der Waals surface area contributed by atoms with Crippen molar-refractivity contribution in [1.29, 1.82) is 0 Å². The van der Waals surface area contributed by atoms with Gasteiger partial charge in [0.25, 0.3) is 0 Å². The molecule has 0 saturated heterocycles. The van der Waals surface area contributed by atoms with Crippen LogP contribution in [0.4, 0.5) is 0 Å². The van der Waals surface area contributed by atoms with Crippen LogP contribution in [0.2, 0.25) is 5.02 Å². The number of likely N-dealkylation sites (N-methyl/N-ethyl adjacent to an activating group) is 1. The Bertz CT molecular complexity index is 482. The molecule has 0 heterocycles. The molecule has 2 N–H and O–H groups in total. The van der Waals surface area contributed by atoms with Crippen molar-refractivity contribution in [2.45, 2.75) is 38.3 Å². The van der Waals surface area contributed by atoms with Crippen molar-refractivity contribution >= 4 is 17.6 Å². The first kappa shape index (κ1) is 17.1. The van der Waals surface area contributed by atoms with Crippen LogP contribution in [0.1, 0.15) is 25.3 Å². The Hall–Kier alpha value is -1.26. The molecule has 1 aromatic rings. The SMILES string of the molecule is CN=C(NCCc1ccc(Cl)cc1)NCC(C)N(C)C1CC1. The summed E-state index contributed by atoms with van der Waals surface area (Å²) in [5, 5.41) is 7.54. The molecule has 1 unspecified atom stereocenters. The van der Waals surface area contributed by atoms with E-state index in [1.165, 1.54) is 18.4 Å². The number of aliphatic imine (C=N–C) groups is 1. The summed E-state index contributed by atoms with van der Waals surface area (Å²) in [6, 6.07) is 9.29. The maximum Gasteiger partial charge on any atom is 0.191 e. The van der Waals surface area contributed by atoms with Gasteiger partial charge in [-0.25, -0.2) is 0 Å². The van der Waals surface area contributed by atoms with E-state index in [1.807, 2.05) is 19.2 Å². The van der Waals surface area contributed by atoms with Crippen molar-refractivity contribution in [3.05, 3.63) is 34.9 Å². The minimum Gasteiger partial charge on any atom is -0.356 e. The number of rotatable bonds is 7. The molecular formula is C17H27ClN4. The average molecular weight is 323 g/mol. The highest BCUT2D eigenvalue weighted by Crippen LogP contribution is 2.26. The predicted molar refractivity (Wildman–Crippen MR) is 94.8 cm³/mol. The van der Waals surface area contributed by atoms with Gasteiger partial charge in [0.1, 0.15) is 0 Å². The lowest BCUT2D eigenvalue weighted by molar-refractivity contribution is 0.247. The number of benzene rings is 1.